The number of phenols is 1. The van der Waals surface area contributed by atoms with Gasteiger partial charge in [-0.2, -0.15) is 11.8 Å². The molecule has 1 amide bonds. The second-order valence-electron chi connectivity index (χ2n) is 4.13. The van der Waals surface area contributed by atoms with Gasteiger partial charge in [-0.05, 0) is 42.5 Å². The van der Waals surface area contributed by atoms with Crippen LogP contribution in [0.25, 0.3) is 0 Å². The normalized spacial score (nSPS) is 16.7. The highest BCUT2D eigenvalue weighted by Gasteiger charge is 2.17. The van der Waals surface area contributed by atoms with E-state index >= 15 is 0 Å². The first-order valence-corrected chi connectivity index (χ1v) is 6.79. The Balaban J connectivity index is 2.01. The Morgan fingerprint density at radius 3 is 2.76 bits per heavy atom. The summed E-state index contributed by atoms with van der Waals surface area (Å²) >= 11 is 1.92. The third kappa shape index (κ3) is 3.06. The Bertz CT molecular complexity index is 417. The van der Waals surface area contributed by atoms with Gasteiger partial charge in [-0.1, -0.05) is 0 Å². The number of benzene rings is 1. The van der Waals surface area contributed by atoms with E-state index in [4.69, 9.17) is 5.73 Å². The molecule has 1 aromatic carbocycles. The number of nitrogens with two attached hydrogens (primary N) is 1. The van der Waals surface area contributed by atoms with Crippen molar-refractivity contribution in [3.63, 3.8) is 0 Å². The number of anilines is 1. The molecule has 5 heteroatoms. The van der Waals surface area contributed by atoms with Crippen molar-refractivity contribution in [1.82, 2.24) is 5.32 Å². The standard InChI is InChI=1S/C12H16N2O2S/c13-10-2-1-8(7-11(10)15)12(16)14-9-3-5-17-6-4-9/h1-2,7,9,15H,3-6,13H2,(H,14,16). The summed E-state index contributed by atoms with van der Waals surface area (Å²) in [5, 5.41) is 12.4. The van der Waals surface area contributed by atoms with E-state index in [9.17, 15) is 9.90 Å². The molecule has 1 aliphatic heterocycles. The van der Waals surface area contributed by atoms with Gasteiger partial charge in [0, 0.05) is 11.6 Å². The number of nitrogens with one attached hydrogen (secondary N) is 1. The predicted molar refractivity (Wildman–Crippen MR) is 70.3 cm³/mol. The van der Waals surface area contributed by atoms with Crippen LogP contribution in [0.15, 0.2) is 18.2 Å². The lowest BCUT2D eigenvalue weighted by Gasteiger charge is -2.22. The van der Waals surface area contributed by atoms with Gasteiger partial charge < -0.3 is 16.2 Å². The van der Waals surface area contributed by atoms with Gasteiger partial charge in [0.05, 0.1) is 5.69 Å². The number of aromatic hydroxyl groups is 1. The average Bonchev–Trinajstić information content (AvgIpc) is 2.34. The van der Waals surface area contributed by atoms with E-state index in [0.29, 0.717) is 5.56 Å². The molecule has 17 heavy (non-hydrogen) atoms. The minimum Gasteiger partial charge on any atom is -0.506 e. The fourth-order valence-electron chi connectivity index (χ4n) is 1.80. The fourth-order valence-corrected chi connectivity index (χ4v) is 2.90. The first-order chi connectivity index (χ1) is 8.16. The molecule has 1 heterocycles. The summed E-state index contributed by atoms with van der Waals surface area (Å²) < 4.78 is 0. The number of phenolic OH excluding ortho intramolecular Hbond substituents is 1. The van der Waals surface area contributed by atoms with Gasteiger partial charge in [0.25, 0.3) is 5.91 Å². The Hall–Kier alpha value is -1.36. The van der Waals surface area contributed by atoms with Crippen LogP contribution >= 0.6 is 11.8 Å². The van der Waals surface area contributed by atoms with E-state index in [-0.39, 0.29) is 23.4 Å². The summed E-state index contributed by atoms with van der Waals surface area (Å²) in [6, 6.07) is 4.83. The lowest BCUT2D eigenvalue weighted by Crippen LogP contribution is -2.37. The number of carbonyl (C=O) groups is 1. The lowest BCUT2D eigenvalue weighted by atomic mass is 10.1. The Morgan fingerprint density at radius 2 is 2.12 bits per heavy atom. The van der Waals surface area contributed by atoms with E-state index in [1.54, 1.807) is 12.1 Å². The molecule has 0 radical (unpaired) electrons. The maximum Gasteiger partial charge on any atom is 0.251 e. The maximum atomic E-state index is 11.9. The van der Waals surface area contributed by atoms with Crippen LogP contribution in [0.5, 0.6) is 5.75 Å². The van der Waals surface area contributed by atoms with Crippen molar-refractivity contribution in [2.45, 2.75) is 18.9 Å². The van der Waals surface area contributed by atoms with Crippen molar-refractivity contribution < 1.29 is 9.90 Å². The third-order valence-electron chi connectivity index (χ3n) is 2.85. The molecule has 0 aromatic heterocycles. The van der Waals surface area contributed by atoms with Crippen LogP contribution in [-0.4, -0.2) is 28.6 Å². The highest BCUT2D eigenvalue weighted by Crippen LogP contribution is 2.21. The van der Waals surface area contributed by atoms with Crippen LogP contribution in [0.3, 0.4) is 0 Å². The summed E-state index contributed by atoms with van der Waals surface area (Å²) in [7, 11) is 0. The topological polar surface area (TPSA) is 75.4 Å². The maximum absolute atomic E-state index is 11.9. The SMILES string of the molecule is Nc1ccc(C(=O)NC2CCSCC2)cc1O. The van der Waals surface area contributed by atoms with Crippen molar-refractivity contribution in [2.75, 3.05) is 17.2 Å². The zero-order chi connectivity index (χ0) is 12.3. The molecule has 0 spiro atoms. The van der Waals surface area contributed by atoms with Gasteiger partial charge in [-0.3, -0.25) is 4.79 Å². The zero-order valence-electron chi connectivity index (χ0n) is 9.48. The number of rotatable bonds is 2. The summed E-state index contributed by atoms with van der Waals surface area (Å²) in [6.07, 6.45) is 2.02. The second kappa shape index (κ2) is 5.31. The number of carbonyl (C=O) groups excluding carboxylic acids is 1. The molecule has 0 unspecified atom stereocenters. The number of nitrogen functional groups attached to an aromatic ring is 1. The fraction of sp³-hybridized carbons (Fsp3) is 0.417. The molecule has 0 atom stereocenters. The Morgan fingerprint density at radius 1 is 1.41 bits per heavy atom. The smallest absolute Gasteiger partial charge is 0.251 e. The largest absolute Gasteiger partial charge is 0.506 e. The van der Waals surface area contributed by atoms with E-state index in [1.807, 2.05) is 11.8 Å². The minimum atomic E-state index is -0.141. The lowest BCUT2D eigenvalue weighted by molar-refractivity contribution is 0.0934. The molecular formula is C12H16N2O2S. The number of thioether (sulfide) groups is 1. The monoisotopic (exact) mass is 252 g/mol. The van der Waals surface area contributed by atoms with Gasteiger partial charge in [0.1, 0.15) is 5.75 Å². The van der Waals surface area contributed by atoms with Crippen molar-refractivity contribution in [3.8, 4) is 5.75 Å². The average molecular weight is 252 g/mol. The van der Waals surface area contributed by atoms with E-state index < -0.39 is 0 Å². The molecule has 4 nitrogen and oxygen atoms in total. The molecule has 1 aromatic rings. The van der Waals surface area contributed by atoms with Crippen molar-refractivity contribution in [3.05, 3.63) is 23.8 Å². The molecule has 92 valence electrons. The van der Waals surface area contributed by atoms with Crippen molar-refractivity contribution in [2.24, 2.45) is 0 Å². The summed E-state index contributed by atoms with van der Waals surface area (Å²) in [6.45, 7) is 0. The van der Waals surface area contributed by atoms with Crippen LogP contribution in [0.1, 0.15) is 23.2 Å². The number of hydrogen-bond donors (Lipinski definition) is 3. The number of amides is 1. The van der Waals surface area contributed by atoms with E-state index in [0.717, 1.165) is 24.3 Å². The molecule has 0 saturated carbocycles. The minimum absolute atomic E-state index is 0.0446. The quantitative estimate of drug-likeness (QED) is 0.552. The predicted octanol–water partition coefficient (Wildman–Crippen LogP) is 1.60. The van der Waals surface area contributed by atoms with Crippen LogP contribution in [-0.2, 0) is 0 Å². The molecule has 1 saturated heterocycles. The van der Waals surface area contributed by atoms with Crippen molar-refractivity contribution >= 4 is 23.4 Å². The van der Waals surface area contributed by atoms with Gasteiger partial charge in [0.2, 0.25) is 0 Å². The summed E-state index contributed by atoms with van der Waals surface area (Å²) in [5.74, 6) is 2.00. The van der Waals surface area contributed by atoms with Crippen molar-refractivity contribution in [1.29, 1.82) is 0 Å². The Kier molecular flexibility index (Phi) is 3.78. The van der Waals surface area contributed by atoms with Gasteiger partial charge in [0.15, 0.2) is 0 Å². The van der Waals surface area contributed by atoms with Gasteiger partial charge in [-0.15, -0.1) is 0 Å². The first kappa shape index (κ1) is 12.1. The summed E-state index contributed by atoms with van der Waals surface area (Å²) in [4.78, 5) is 11.9. The van der Waals surface area contributed by atoms with Crippen LogP contribution in [0, 0.1) is 0 Å². The van der Waals surface area contributed by atoms with E-state index in [1.165, 1.54) is 6.07 Å². The third-order valence-corrected chi connectivity index (χ3v) is 3.90. The second-order valence-corrected chi connectivity index (χ2v) is 5.36. The first-order valence-electron chi connectivity index (χ1n) is 5.64. The molecule has 0 aliphatic carbocycles. The van der Waals surface area contributed by atoms with Crippen LogP contribution < -0.4 is 11.1 Å². The molecule has 1 fully saturated rings. The van der Waals surface area contributed by atoms with Gasteiger partial charge >= 0.3 is 0 Å². The highest BCUT2D eigenvalue weighted by molar-refractivity contribution is 7.99. The number of hydrogen-bond acceptors (Lipinski definition) is 4. The Labute approximate surface area is 105 Å². The highest BCUT2D eigenvalue weighted by atomic mass is 32.2. The molecule has 2 rings (SSSR count). The van der Waals surface area contributed by atoms with Gasteiger partial charge in [-0.25, -0.2) is 0 Å². The summed E-state index contributed by atoms with van der Waals surface area (Å²) in [5.41, 5.74) is 6.23. The molecule has 0 bridgehead atoms. The van der Waals surface area contributed by atoms with E-state index in [2.05, 4.69) is 5.32 Å². The molecule has 4 N–H and O–H groups in total. The van der Waals surface area contributed by atoms with Crippen LogP contribution in [0.2, 0.25) is 0 Å². The molecule has 1 aliphatic rings. The van der Waals surface area contributed by atoms with Crippen LogP contribution in [0.4, 0.5) is 5.69 Å². The zero-order valence-corrected chi connectivity index (χ0v) is 10.3. The molecular weight excluding hydrogens is 236 g/mol.